The highest BCUT2D eigenvalue weighted by atomic mass is 35.5. The fraction of sp³-hybridized carbons (Fsp3) is 0.458. The molecule has 3 N–H and O–H groups in total. The molecule has 4 fully saturated rings. The molecule has 0 unspecified atom stereocenters. The van der Waals surface area contributed by atoms with Crippen molar-refractivity contribution in [3.63, 3.8) is 0 Å². The van der Waals surface area contributed by atoms with Gasteiger partial charge in [-0.15, -0.1) is 0 Å². The lowest BCUT2D eigenvalue weighted by Gasteiger charge is -2.47. The average Bonchev–Trinajstić information content (AvgIpc) is 3.59. The highest BCUT2D eigenvalue weighted by molar-refractivity contribution is 6.29. The molecule has 2 bridgehead atoms. The SMILES string of the molecule is N#Cc1c(-c2c[nH]c3ncc(Cl)nc23)nc(N[C@H]2C3CCC(CC3)[C@@H]2C(=O)O)c(F)c1C1CC1. The quantitative estimate of drug-likeness (QED) is 0.475. The van der Waals surface area contributed by atoms with Crippen LogP contribution in [0.2, 0.25) is 5.15 Å². The van der Waals surface area contributed by atoms with Crippen LogP contribution in [0.25, 0.3) is 22.4 Å². The summed E-state index contributed by atoms with van der Waals surface area (Å²) in [6, 6.07) is 1.75. The van der Waals surface area contributed by atoms with Crippen LogP contribution in [0.5, 0.6) is 0 Å². The van der Waals surface area contributed by atoms with Crippen molar-refractivity contribution in [3.05, 3.63) is 34.5 Å². The Labute approximate surface area is 199 Å². The molecule has 4 aliphatic carbocycles. The molecule has 3 aromatic heterocycles. The van der Waals surface area contributed by atoms with Crippen LogP contribution in [0.3, 0.4) is 0 Å². The Balaban J connectivity index is 1.51. The number of nitrogens with zero attached hydrogens (tertiary/aromatic N) is 4. The molecule has 2 atom stereocenters. The van der Waals surface area contributed by atoms with Gasteiger partial charge < -0.3 is 15.4 Å². The molecule has 0 aliphatic heterocycles. The third-order valence-electron chi connectivity index (χ3n) is 7.69. The number of hydrogen-bond donors (Lipinski definition) is 3. The smallest absolute Gasteiger partial charge is 0.308 e. The maximum absolute atomic E-state index is 15.9. The summed E-state index contributed by atoms with van der Waals surface area (Å²) in [7, 11) is 0. The first-order chi connectivity index (χ1) is 16.5. The molecule has 0 saturated heterocycles. The van der Waals surface area contributed by atoms with Crippen LogP contribution in [0.4, 0.5) is 10.2 Å². The second-order valence-electron chi connectivity index (χ2n) is 9.60. The fourth-order valence-electron chi connectivity index (χ4n) is 5.96. The second kappa shape index (κ2) is 7.91. The van der Waals surface area contributed by atoms with Crippen molar-refractivity contribution in [1.82, 2.24) is 19.9 Å². The van der Waals surface area contributed by atoms with E-state index in [4.69, 9.17) is 11.6 Å². The maximum atomic E-state index is 15.9. The number of fused-ring (bicyclic) bond motifs is 4. The molecule has 0 aromatic carbocycles. The van der Waals surface area contributed by atoms with Crippen molar-refractivity contribution in [1.29, 1.82) is 5.26 Å². The van der Waals surface area contributed by atoms with Gasteiger partial charge in [-0.05, 0) is 56.3 Å². The monoisotopic (exact) mass is 480 g/mol. The lowest BCUT2D eigenvalue weighted by atomic mass is 9.61. The Morgan fingerprint density at radius 1 is 1.21 bits per heavy atom. The molecule has 174 valence electrons. The van der Waals surface area contributed by atoms with Crippen molar-refractivity contribution < 1.29 is 14.3 Å². The third-order valence-corrected chi connectivity index (χ3v) is 7.87. The van der Waals surface area contributed by atoms with Gasteiger partial charge in [0.25, 0.3) is 0 Å². The molecule has 0 amide bonds. The lowest BCUT2D eigenvalue weighted by Crippen LogP contribution is -2.51. The Morgan fingerprint density at radius 2 is 1.94 bits per heavy atom. The van der Waals surface area contributed by atoms with E-state index in [0.717, 1.165) is 38.5 Å². The van der Waals surface area contributed by atoms with Crippen LogP contribution in [0.1, 0.15) is 55.6 Å². The molecule has 34 heavy (non-hydrogen) atoms. The van der Waals surface area contributed by atoms with Crippen LogP contribution in [-0.4, -0.2) is 37.1 Å². The summed E-state index contributed by atoms with van der Waals surface area (Å²) >= 11 is 6.07. The van der Waals surface area contributed by atoms with Gasteiger partial charge in [0.2, 0.25) is 0 Å². The number of anilines is 1. The van der Waals surface area contributed by atoms with Crippen LogP contribution < -0.4 is 5.32 Å². The van der Waals surface area contributed by atoms with Crippen LogP contribution in [0, 0.1) is 34.9 Å². The predicted octanol–water partition coefficient (Wildman–Crippen LogP) is 4.86. The zero-order chi connectivity index (χ0) is 23.6. The minimum Gasteiger partial charge on any atom is -0.481 e. The first-order valence-electron chi connectivity index (χ1n) is 11.6. The van der Waals surface area contributed by atoms with Gasteiger partial charge in [0.15, 0.2) is 17.3 Å². The van der Waals surface area contributed by atoms with Crippen molar-refractivity contribution in [2.45, 2.75) is 50.5 Å². The molecular weight excluding hydrogens is 459 g/mol. The number of rotatable bonds is 5. The van der Waals surface area contributed by atoms with E-state index < -0.39 is 23.7 Å². The molecule has 3 aromatic rings. The van der Waals surface area contributed by atoms with Gasteiger partial charge in [-0.1, -0.05) is 11.6 Å². The number of pyridine rings is 1. The second-order valence-corrected chi connectivity index (χ2v) is 9.99. The summed E-state index contributed by atoms with van der Waals surface area (Å²) in [4.78, 5) is 28.3. The number of carboxylic acids is 1. The molecule has 0 radical (unpaired) electrons. The molecule has 4 saturated carbocycles. The fourth-order valence-corrected chi connectivity index (χ4v) is 6.09. The predicted molar refractivity (Wildman–Crippen MR) is 123 cm³/mol. The number of aromatic amines is 1. The van der Waals surface area contributed by atoms with E-state index in [9.17, 15) is 15.2 Å². The summed E-state index contributed by atoms with van der Waals surface area (Å²) in [5.41, 5.74) is 2.24. The van der Waals surface area contributed by atoms with Gasteiger partial charge in [-0.3, -0.25) is 4.79 Å². The molecule has 8 nitrogen and oxygen atoms in total. The first-order valence-corrected chi connectivity index (χ1v) is 12.0. The summed E-state index contributed by atoms with van der Waals surface area (Å²) < 4.78 is 15.9. The first kappa shape index (κ1) is 21.3. The van der Waals surface area contributed by atoms with Gasteiger partial charge in [0.1, 0.15) is 16.7 Å². The highest BCUT2D eigenvalue weighted by Crippen LogP contribution is 2.49. The molecular formula is C24H22ClFN6O2. The van der Waals surface area contributed by atoms with Crippen molar-refractivity contribution in [2.75, 3.05) is 5.32 Å². The number of carbonyl (C=O) groups is 1. The number of aliphatic carboxylic acids is 1. The molecule has 10 heteroatoms. The molecule has 0 spiro atoms. The van der Waals surface area contributed by atoms with Gasteiger partial charge in [0, 0.05) is 23.4 Å². The van der Waals surface area contributed by atoms with E-state index in [2.05, 4.69) is 31.3 Å². The zero-order valence-corrected chi connectivity index (χ0v) is 18.9. The van der Waals surface area contributed by atoms with Crippen LogP contribution in [-0.2, 0) is 4.79 Å². The topological polar surface area (TPSA) is 128 Å². The van der Waals surface area contributed by atoms with E-state index >= 15 is 4.39 Å². The van der Waals surface area contributed by atoms with Crippen molar-refractivity contribution >= 4 is 34.6 Å². The van der Waals surface area contributed by atoms with Crippen molar-refractivity contribution in [2.24, 2.45) is 17.8 Å². The molecule has 7 rings (SSSR count). The number of nitriles is 1. The summed E-state index contributed by atoms with van der Waals surface area (Å²) in [6.07, 6.45) is 8.25. The van der Waals surface area contributed by atoms with E-state index in [1.807, 2.05) is 0 Å². The van der Waals surface area contributed by atoms with Gasteiger partial charge in [0.05, 0.1) is 23.4 Å². The van der Waals surface area contributed by atoms with Gasteiger partial charge in [-0.25, -0.2) is 19.3 Å². The minimum absolute atomic E-state index is 0.00374. The maximum Gasteiger partial charge on any atom is 0.308 e. The van der Waals surface area contributed by atoms with E-state index in [1.165, 1.54) is 6.20 Å². The third kappa shape index (κ3) is 3.31. The minimum atomic E-state index is -0.856. The average molecular weight is 481 g/mol. The Hall–Kier alpha value is -3.25. The Kier molecular flexibility index (Phi) is 4.96. The number of halogens is 2. The zero-order valence-electron chi connectivity index (χ0n) is 18.2. The number of hydrogen-bond acceptors (Lipinski definition) is 6. The number of aromatic nitrogens is 4. The lowest BCUT2D eigenvalue weighted by molar-refractivity contribution is -0.148. The number of nitrogens with one attached hydrogen (secondary N) is 2. The van der Waals surface area contributed by atoms with E-state index in [-0.39, 0.29) is 34.3 Å². The van der Waals surface area contributed by atoms with Crippen molar-refractivity contribution in [3.8, 4) is 17.3 Å². The van der Waals surface area contributed by atoms with Crippen LogP contribution in [0.15, 0.2) is 12.4 Å². The highest BCUT2D eigenvalue weighted by Gasteiger charge is 2.48. The largest absolute Gasteiger partial charge is 0.481 e. The Bertz CT molecular complexity index is 1360. The number of carboxylic acid groups (broad SMARTS) is 1. The normalized spacial score (nSPS) is 25.9. The van der Waals surface area contributed by atoms with Gasteiger partial charge >= 0.3 is 5.97 Å². The van der Waals surface area contributed by atoms with Gasteiger partial charge in [-0.2, -0.15) is 5.26 Å². The summed E-state index contributed by atoms with van der Waals surface area (Å²) in [5, 5.41) is 23.3. The molecule has 4 aliphatic rings. The molecule has 3 heterocycles. The summed E-state index contributed by atoms with van der Waals surface area (Å²) in [5.74, 6) is -1.83. The van der Waals surface area contributed by atoms with E-state index in [1.54, 1.807) is 6.20 Å². The Morgan fingerprint density at radius 3 is 2.62 bits per heavy atom. The number of H-pyrrole nitrogens is 1. The summed E-state index contributed by atoms with van der Waals surface area (Å²) in [6.45, 7) is 0. The van der Waals surface area contributed by atoms with Crippen LogP contribution >= 0.6 is 11.6 Å². The standard InChI is InChI=1S/C24H22ClFN6O2/c25-15-9-29-23-21(30-15)14(8-28-23)20-13(7-27)16(10-1-2-10)18(26)22(32-20)31-19-12-5-3-11(4-6-12)17(19)24(33)34/h8-12,17,19H,1-6H2,(H,28,29)(H,31,32)(H,33,34)/t11?,12?,17-,19-/m0/s1. The van der Waals surface area contributed by atoms with E-state index in [0.29, 0.717) is 28.0 Å².